The molecule has 3 heteroatoms. The first kappa shape index (κ1) is 30.0. The maximum absolute atomic E-state index is 6.27. The fraction of sp³-hybridized carbons (Fsp3) is 0. The highest BCUT2D eigenvalue weighted by atomic mass is 32.1. The van der Waals surface area contributed by atoms with Crippen LogP contribution in [0.2, 0.25) is 0 Å². The molecular formula is C50H31NOS. The van der Waals surface area contributed by atoms with Crippen molar-refractivity contribution in [3.05, 3.63) is 188 Å². The molecule has 0 saturated heterocycles. The lowest BCUT2D eigenvalue weighted by Gasteiger charge is -2.26. The normalized spacial score (nSPS) is 11.8. The number of hydrogen-bond acceptors (Lipinski definition) is 3. The van der Waals surface area contributed by atoms with E-state index in [-0.39, 0.29) is 0 Å². The van der Waals surface area contributed by atoms with Gasteiger partial charge in [0.2, 0.25) is 0 Å². The van der Waals surface area contributed by atoms with Gasteiger partial charge in [0.05, 0.1) is 10.4 Å². The fourth-order valence-electron chi connectivity index (χ4n) is 8.15. The Kier molecular flexibility index (Phi) is 6.76. The minimum absolute atomic E-state index is 0.891. The van der Waals surface area contributed by atoms with Gasteiger partial charge < -0.3 is 9.32 Å². The zero-order chi connectivity index (χ0) is 34.9. The Balaban J connectivity index is 1.12. The standard InChI is InChI=1S/C50H31NOS/c1-2-11-32(12-3-1)39-18-8-15-34-16-9-19-40(49(34)39)33-23-25-37(26-24-33)51(38-27-28-47-43(31-38)41-17-6-7-22-46(41)52-47)45-21-10-20-42-44-29-35-13-4-5-14-36(35)30-48(44)53-50(42)45/h1-31H. The predicted molar refractivity (Wildman–Crippen MR) is 227 cm³/mol. The summed E-state index contributed by atoms with van der Waals surface area (Å²) in [6, 6.07) is 68.0. The Hall–Kier alpha value is -6.68. The summed E-state index contributed by atoms with van der Waals surface area (Å²) in [6.07, 6.45) is 0. The molecule has 11 aromatic rings. The first-order valence-corrected chi connectivity index (χ1v) is 18.8. The quantitative estimate of drug-likeness (QED) is 0.178. The molecule has 0 aliphatic rings. The second-order valence-corrected chi connectivity index (χ2v) is 14.7. The van der Waals surface area contributed by atoms with Crippen LogP contribution in [0.15, 0.2) is 192 Å². The molecule has 9 aromatic carbocycles. The topological polar surface area (TPSA) is 16.4 Å². The lowest BCUT2D eigenvalue weighted by atomic mass is 9.91. The van der Waals surface area contributed by atoms with Crippen molar-refractivity contribution in [3.8, 4) is 22.3 Å². The average Bonchev–Trinajstić information content (AvgIpc) is 3.78. The summed E-state index contributed by atoms with van der Waals surface area (Å²) in [6.45, 7) is 0. The molecule has 248 valence electrons. The number of hydrogen-bond donors (Lipinski definition) is 0. The predicted octanol–water partition coefficient (Wildman–Crippen LogP) is 15.1. The van der Waals surface area contributed by atoms with Gasteiger partial charge in [-0.05, 0) is 98.4 Å². The molecule has 0 radical (unpaired) electrons. The summed E-state index contributed by atoms with van der Waals surface area (Å²) < 4.78 is 8.83. The monoisotopic (exact) mass is 693 g/mol. The Morgan fingerprint density at radius 1 is 0.396 bits per heavy atom. The minimum Gasteiger partial charge on any atom is -0.456 e. The van der Waals surface area contributed by atoms with Crippen LogP contribution in [-0.4, -0.2) is 0 Å². The van der Waals surface area contributed by atoms with Crippen LogP contribution in [0.25, 0.3) is 85.9 Å². The van der Waals surface area contributed by atoms with Gasteiger partial charge in [-0.2, -0.15) is 0 Å². The largest absolute Gasteiger partial charge is 0.456 e. The molecule has 0 aliphatic carbocycles. The maximum atomic E-state index is 6.27. The van der Waals surface area contributed by atoms with Crippen LogP contribution < -0.4 is 4.90 Å². The van der Waals surface area contributed by atoms with E-state index in [0.717, 1.165) is 39.0 Å². The molecule has 0 bridgehead atoms. The highest BCUT2D eigenvalue weighted by Gasteiger charge is 2.20. The number of nitrogens with zero attached hydrogens (tertiary/aromatic N) is 1. The van der Waals surface area contributed by atoms with E-state index in [1.54, 1.807) is 0 Å². The zero-order valence-corrected chi connectivity index (χ0v) is 29.5. The Morgan fingerprint density at radius 2 is 1.02 bits per heavy atom. The van der Waals surface area contributed by atoms with E-state index >= 15 is 0 Å². The maximum Gasteiger partial charge on any atom is 0.135 e. The molecular weight excluding hydrogens is 663 g/mol. The first-order chi connectivity index (χ1) is 26.3. The SMILES string of the molecule is c1ccc(-c2cccc3cccc(-c4ccc(N(c5ccc6oc7ccccc7c6c5)c5cccc6c5sc5cc7ccccc7cc56)cc4)c23)cc1. The first-order valence-electron chi connectivity index (χ1n) is 18.0. The van der Waals surface area contributed by atoms with Gasteiger partial charge in [0, 0.05) is 37.6 Å². The number of furan rings is 1. The summed E-state index contributed by atoms with van der Waals surface area (Å²) in [5, 5.41) is 9.83. The molecule has 2 aromatic heterocycles. The van der Waals surface area contributed by atoms with Gasteiger partial charge in [-0.3, -0.25) is 0 Å². The van der Waals surface area contributed by atoms with E-state index in [9.17, 15) is 0 Å². The lowest BCUT2D eigenvalue weighted by Crippen LogP contribution is -2.10. The molecule has 11 rings (SSSR count). The third-order valence-electron chi connectivity index (χ3n) is 10.6. The smallest absolute Gasteiger partial charge is 0.135 e. The molecule has 2 heterocycles. The molecule has 0 spiro atoms. The molecule has 0 aliphatic heterocycles. The summed E-state index contributed by atoms with van der Waals surface area (Å²) in [5.74, 6) is 0. The highest BCUT2D eigenvalue weighted by Crippen LogP contribution is 2.47. The Labute approximate surface area is 310 Å². The molecule has 0 atom stereocenters. The van der Waals surface area contributed by atoms with Crippen LogP contribution in [-0.2, 0) is 0 Å². The molecule has 2 nitrogen and oxygen atoms in total. The van der Waals surface area contributed by atoms with Gasteiger partial charge in [0.1, 0.15) is 11.2 Å². The van der Waals surface area contributed by atoms with E-state index in [1.165, 1.54) is 64.0 Å². The van der Waals surface area contributed by atoms with Crippen molar-refractivity contribution >= 4 is 92.1 Å². The van der Waals surface area contributed by atoms with Crippen molar-refractivity contribution in [1.82, 2.24) is 0 Å². The van der Waals surface area contributed by atoms with Crippen molar-refractivity contribution in [3.63, 3.8) is 0 Å². The third kappa shape index (κ3) is 4.86. The van der Waals surface area contributed by atoms with Crippen molar-refractivity contribution in [2.24, 2.45) is 0 Å². The second kappa shape index (κ2) is 11.9. The van der Waals surface area contributed by atoms with E-state index < -0.39 is 0 Å². The number of anilines is 3. The van der Waals surface area contributed by atoms with Gasteiger partial charge >= 0.3 is 0 Å². The molecule has 0 saturated carbocycles. The molecule has 0 N–H and O–H groups in total. The minimum atomic E-state index is 0.891. The molecule has 0 amide bonds. The van der Waals surface area contributed by atoms with Crippen LogP contribution in [0.4, 0.5) is 17.1 Å². The van der Waals surface area contributed by atoms with Gasteiger partial charge in [-0.25, -0.2) is 0 Å². The Bertz CT molecular complexity index is 3170. The molecule has 0 fully saturated rings. The fourth-order valence-corrected chi connectivity index (χ4v) is 9.39. The van der Waals surface area contributed by atoms with Gasteiger partial charge in [-0.1, -0.05) is 133 Å². The summed E-state index contributed by atoms with van der Waals surface area (Å²) in [7, 11) is 0. The van der Waals surface area contributed by atoms with Crippen LogP contribution in [0.5, 0.6) is 0 Å². The molecule has 53 heavy (non-hydrogen) atoms. The summed E-state index contributed by atoms with van der Waals surface area (Å²) in [4.78, 5) is 2.42. The van der Waals surface area contributed by atoms with Crippen molar-refractivity contribution in [2.75, 3.05) is 4.90 Å². The van der Waals surface area contributed by atoms with Crippen molar-refractivity contribution in [2.45, 2.75) is 0 Å². The number of rotatable bonds is 5. The lowest BCUT2D eigenvalue weighted by molar-refractivity contribution is 0.669. The van der Waals surface area contributed by atoms with E-state index in [1.807, 2.05) is 23.5 Å². The Morgan fingerprint density at radius 3 is 1.83 bits per heavy atom. The van der Waals surface area contributed by atoms with Crippen molar-refractivity contribution < 1.29 is 4.42 Å². The van der Waals surface area contributed by atoms with Gasteiger partial charge in [-0.15, -0.1) is 11.3 Å². The van der Waals surface area contributed by atoms with Crippen LogP contribution >= 0.6 is 11.3 Å². The highest BCUT2D eigenvalue weighted by molar-refractivity contribution is 7.26. The van der Waals surface area contributed by atoms with Crippen LogP contribution in [0, 0.1) is 0 Å². The molecule has 0 unspecified atom stereocenters. The number of thiophene rings is 1. The second-order valence-electron chi connectivity index (χ2n) is 13.7. The van der Waals surface area contributed by atoms with E-state index in [0.29, 0.717) is 0 Å². The number of fused-ring (bicyclic) bond motifs is 8. The van der Waals surface area contributed by atoms with Gasteiger partial charge in [0.25, 0.3) is 0 Å². The van der Waals surface area contributed by atoms with Gasteiger partial charge in [0.15, 0.2) is 0 Å². The van der Waals surface area contributed by atoms with Crippen LogP contribution in [0.1, 0.15) is 0 Å². The van der Waals surface area contributed by atoms with E-state index in [2.05, 4.69) is 181 Å². The number of benzene rings is 9. The van der Waals surface area contributed by atoms with Crippen molar-refractivity contribution in [1.29, 1.82) is 0 Å². The van der Waals surface area contributed by atoms with E-state index in [4.69, 9.17) is 4.42 Å². The number of para-hydroxylation sites is 1. The average molecular weight is 694 g/mol. The third-order valence-corrected chi connectivity index (χ3v) is 11.8. The zero-order valence-electron chi connectivity index (χ0n) is 28.7. The summed E-state index contributed by atoms with van der Waals surface area (Å²) in [5.41, 5.74) is 10.0. The summed E-state index contributed by atoms with van der Waals surface area (Å²) >= 11 is 1.87. The van der Waals surface area contributed by atoms with Crippen LogP contribution in [0.3, 0.4) is 0 Å².